The molecular formula is C12H13F3N2O2. The maximum absolute atomic E-state index is 12.0. The molecule has 3 N–H and O–H groups in total. The van der Waals surface area contributed by atoms with Crippen molar-refractivity contribution in [1.29, 1.82) is 0 Å². The van der Waals surface area contributed by atoms with Crippen LogP contribution >= 0.6 is 0 Å². The predicted molar refractivity (Wildman–Crippen MR) is 64.5 cm³/mol. The Kier molecular flexibility index (Phi) is 4.94. The fourth-order valence-electron chi connectivity index (χ4n) is 1.29. The molecule has 0 aliphatic carbocycles. The second kappa shape index (κ2) is 6.24. The monoisotopic (exact) mass is 274 g/mol. The summed E-state index contributed by atoms with van der Waals surface area (Å²) in [7, 11) is 0. The second-order valence-electron chi connectivity index (χ2n) is 3.70. The third-order valence-electron chi connectivity index (χ3n) is 2.09. The maximum Gasteiger partial charge on any atom is 0.573 e. The number of nitrogens with two attached hydrogens (primary N) is 1. The first kappa shape index (κ1) is 15.0. The summed E-state index contributed by atoms with van der Waals surface area (Å²) in [4.78, 5) is 11.6. The van der Waals surface area contributed by atoms with E-state index < -0.39 is 24.1 Å². The number of ether oxygens (including phenoxy) is 1. The number of halogens is 3. The van der Waals surface area contributed by atoms with Gasteiger partial charge < -0.3 is 15.8 Å². The highest BCUT2D eigenvalue weighted by atomic mass is 19.4. The highest BCUT2D eigenvalue weighted by Crippen LogP contribution is 2.25. The van der Waals surface area contributed by atoms with E-state index in [9.17, 15) is 18.0 Å². The molecule has 19 heavy (non-hydrogen) atoms. The molecule has 0 bridgehead atoms. The van der Waals surface area contributed by atoms with Gasteiger partial charge in [-0.3, -0.25) is 4.79 Å². The summed E-state index contributed by atoms with van der Waals surface area (Å²) in [6.07, 6.45) is -3.03. The summed E-state index contributed by atoms with van der Waals surface area (Å²) in [5.41, 5.74) is 5.69. The van der Waals surface area contributed by atoms with E-state index in [4.69, 9.17) is 5.73 Å². The van der Waals surface area contributed by atoms with Crippen molar-refractivity contribution in [3.8, 4) is 5.75 Å². The van der Waals surface area contributed by atoms with E-state index in [0.29, 0.717) is 0 Å². The molecule has 0 aliphatic heterocycles. The zero-order valence-electron chi connectivity index (χ0n) is 9.91. The van der Waals surface area contributed by atoms with Crippen LogP contribution in [0.5, 0.6) is 5.75 Å². The first-order valence-corrected chi connectivity index (χ1v) is 5.35. The Morgan fingerprint density at radius 3 is 2.79 bits per heavy atom. The van der Waals surface area contributed by atoms with Gasteiger partial charge in [0.1, 0.15) is 5.75 Å². The summed E-state index contributed by atoms with van der Waals surface area (Å²) in [5, 5.41) is 2.39. The topological polar surface area (TPSA) is 64.4 Å². The maximum atomic E-state index is 12.0. The number of hydrogen-bond donors (Lipinski definition) is 2. The standard InChI is InChI=1S/C12H13F3N2O2/c1-2-4-10(16)11(18)17-8-5-3-6-9(7-8)19-12(13,14)15/h2-3,5-7,10H,1,4,16H2,(H,17,18). The number of amides is 1. The van der Waals surface area contributed by atoms with Crippen LogP contribution in [0.25, 0.3) is 0 Å². The van der Waals surface area contributed by atoms with Crippen LogP contribution in [0.2, 0.25) is 0 Å². The average molecular weight is 274 g/mol. The Balaban J connectivity index is 2.72. The molecule has 0 aliphatic rings. The van der Waals surface area contributed by atoms with E-state index in [-0.39, 0.29) is 12.1 Å². The van der Waals surface area contributed by atoms with Crippen molar-refractivity contribution in [3.05, 3.63) is 36.9 Å². The largest absolute Gasteiger partial charge is 0.573 e. The summed E-state index contributed by atoms with van der Waals surface area (Å²) in [5.74, 6) is -0.924. The van der Waals surface area contributed by atoms with Gasteiger partial charge in [-0.05, 0) is 18.6 Å². The minimum atomic E-state index is -4.78. The van der Waals surface area contributed by atoms with Crippen LogP contribution in [-0.4, -0.2) is 18.3 Å². The van der Waals surface area contributed by atoms with Crippen LogP contribution < -0.4 is 15.8 Å². The predicted octanol–water partition coefficient (Wildman–Crippen LogP) is 2.43. The van der Waals surface area contributed by atoms with Crippen LogP contribution in [0.4, 0.5) is 18.9 Å². The molecule has 1 aromatic carbocycles. The first-order valence-electron chi connectivity index (χ1n) is 5.35. The molecule has 0 saturated heterocycles. The summed E-state index contributed by atoms with van der Waals surface area (Å²) in [6.45, 7) is 3.44. The van der Waals surface area contributed by atoms with E-state index >= 15 is 0 Å². The number of hydrogen-bond acceptors (Lipinski definition) is 3. The van der Waals surface area contributed by atoms with Crippen molar-refractivity contribution in [2.45, 2.75) is 18.8 Å². The van der Waals surface area contributed by atoms with Gasteiger partial charge in [0.15, 0.2) is 0 Å². The Labute approximate surface area is 108 Å². The third-order valence-corrected chi connectivity index (χ3v) is 2.09. The smallest absolute Gasteiger partial charge is 0.406 e. The molecule has 0 saturated carbocycles. The van der Waals surface area contributed by atoms with Gasteiger partial charge in [-0.25, -0.2) is 0 Å². The minimum Gasteiger partial charge on any atom is -0.406 e. The van der Waals surface area contributed by atoms with Crippen molar-refractivity contribution in [2.24, 2.45) is 5.73 Å². The van der Waals surface area contributed by atoms with Crippen molar-refractivity contribution in [1.82, 2.24) is 0 Å². The zero-order chi connectivity index (χ0) is 14.5. The molecule has 1 unspecified atom stereocenters. The lowest BCUT2D eigenvalue weighted by Crippen LogP contribution is -2.35. The molecule has 104 valence electrons. The molecular weight excluding hydrogens is 261 g/mol. The Bertz CT molecular complexity index is 461. The van der Waals surface area contributed by atoms with Crippen molar-refractivity contribution in [3.63, 3.8) is 0 Å². The van der Waals surface area contributed by atoms with Gasteiger partial charge in [0.2, 0.25) is 5.91 Å². The second-order valence-corrected chi connectivity index (χ2v) is 3.70. The molecule has 1 amide bonds. The molecule has 1 atom stereocenters. The van der Waals surface area contributed by atoms with Crippen molar-refractivity contribution in [2.75, 3.05) is 5.32 Å². The average Bonchev–Trinajstić information content (AvgIpc) is 2.27. The summed E-state index contributed by atoms with van der Waals surface area (Å²) >= 11 is 0. The minimum absolute atomic E-state index is 0.172. The fraction of sp³-hybridized carbons (Fsp3) is 0.250. The molecule has 7 heteroatoms. The molecule has 0 aromatic heterocycles. The van der Waals surface area contributed by atoms with Crippen LogP contribution in [0.15, 0.2) is 36.9 Å². The van der Waals surface area contributed by atoms with Crippen LogP contribution in [0, 0.1) is 0 Å². The Morgan fingerprint density at radius 2 is 2.21 bits per heavy atom. The van der Waals surface area contributed by atoms with Gasteiger partial charge in [-0.2, -0.15) is 0 Å². The molecule has 1 aromatic rings. The lowest BCUT2D eigenvalue weighted by atomic mass is 10.2. The van der Waals surface area contributed by atoms with E-state index in [1.165, 1.54) is 18.2 Å². The molecule has 0 spiro atoms. The molecule has 0 heterocycles. The molecule has 0 fully saturated rings. The number of carbonyl (C=O) groups excluding carboxylic acids is 1. The van der Waals surface area contributed by atoms with Crippen molar-refractivity contribution >= 4 is 11.6 Å². The molecule has 1 rings (SSSR count). The van der Waals surface area contributed by atoms with E-state index in [2.05, 4.69) is 16.6 Å². The summed E-state index contributed by atoms with van der Waals surface area (Å²) in [6, 6.07) is 4.15. The van der Waals surface area contributed by atoms with Crippen molar-refractivity contribution < 1.29 is 22.7 Å². The van der Waals surface area contributed by atoms with E-state index in [1.807, 2.05) is 0 Å². The number of nitrogens with one attached hydrogen (secondary N) is 1. The summed E-state index contributed by atoms with van der Waals surface area (Å²) < 4.78 is 39.8. The first-order chi connectivity index (χ1) is 8.81. The van der Waals surface area contributed by atoms with Crippen LogP contribution in [0.1, 0.15) is 6.42 Å². The Hall–Kier alpha value is -2.02. The number of carbonyl (C=O) groups is 1. The number of anilines is 1. The van der Waals surface area contributed by atoms with Gasteiger partial charge in [-0.15, -0.1) is 19.8 Å². The van der Waals surface area contributed by atoms with Gasteiger partial charge in [0.25, 0.3) is 0 Å². The normalized spacial score (nSPS) is 12.6. The van der Waals surface area contributed by atoms with Gasteiger partial charge >= 0.3 is 6.36 Å². The highest BCUT2D eigenvalue weighted by Gasteiger charge is 2.31. The quantitative estimate of drug-likeness (QED) is 0.810. The van der Waals surface area contributed by atoms with E-state index in [1.54, 1.807) is 0 Å². The number of rotatable bonds is 5. The molecule has 4 nitrogen and oxygen atoms in total. The third kappa shape index (κ3) is 5.43. The Morgan fingerprint density at radius 1 is 1.53 bits per heavy atom. The fourth-order valence-corrected chi connectivity index (χ4v) is 1.29. The highest BCUT2D eigenvalue weighted by molar-refractivity contribution is 5.94. The molecule has 0 radical (unpaired) electrons. The SMILES string of the molecule is C=CCC(N)C(=O)Nc1cccc(OC(F)(F)F)c1. The lowest BCUT2D eigenvalue weighted by Gasteiger charge is -2.12. The van der Waals surface area contributed by atoms with Gasteiger partial charge in [-0.1, -0.05) is 12.1 Å². The zero-order valence-corrected chi connectivity index (χ0v) is 9.91. The van der Waals surface area contributed by atoms with Gasteiger partial charge in [0.05, 0.1) is 6.04 Å². The van der Waals surface area contributed by atoms with Crippen LogP contribution in [0.3, 0.4) is 0 Å². The van der Waals surface area contributed by atoms with Gasteiger partial charge in [0, 0.05) is 11.8 Å². The van der Waals surface area contributed by atoms with E-state index in [0.717, 1.165) is 12.1 Å². The van der Waals surface area contributed by atoms with Crippen LogP contribution in [-0.2, 0) is 4.79 Å². The number of alkyl halides is 3. The number of benzene rings is 1. The lowest BCUT2D eigenvalue weighted by molar-refractivity contribution is -0.274.